The van der Waals surface area contributed by atoms with Gasteiger partial charge in [-0.05, 0) is 25.8 Å². The van der Waals surface area contributed by atoms with Gasteiger partial charge in [0, 0.05) is 22.5 Å². The van der Waals surface area contributed by atoms with Gasteiger partial charge in [-0.1, -0.05) is 44.2 Å². The second-order valence-electron chi connectivity index (χ2n) is 5.84. The fraction of sp³-hybridized carbons (Fsp3) is 0.389. The monoisotopic (exact) mass is 285 g/mol. The van der Waals surface area contributed by atoms with Crippen molar-refractivity contribution in [3.8, 4) is 0 Å². The van der Waals surface area contributed by atoms with E-state index in [1.165, 1.54) is 0 Å². The van der Waals surface area contributed by atoms with Crippen LogP contribution in [0.5, 0.6) is 0 Å². The molecule has 0 fully saturated rings. The third-order valence-electron chi connectivity index (χ3n) is 4.05. The lowest BCUT2D eigenvalue weighted by atomic mass is 10.0. The fourth-order valence-electron chi connectivity index (χ4n) is 2.85. The number of aliphatic hydroxyl groups excluding tert-OH is 1. The first-order valence-electron chi connectivity index (χ1n) is 7.36. The van der Waals surface area contributed by atoms with Gasteiger partial charge in [-0.15, -0.1) is 0 Å². The molecule has 0 aliphatic rings. The zero-order chi connectivity index (χ0) is 15.6. The van der Waals surface area contributed by atoms with Gasteiger partial charge in [0.05, 0.1) is 12.6 Å². The van der Waals surface area contributed by atoms with Gasteiger partial charge in [-0.3, -0.25) is 4.79 Å². The molecule has 0 saturated heterocycles. The molecule has 2 rings (SSSR count). The second kappa shape index (κ2) is 6.27. The Morgan fingerprint density at radius 3 is 2.33 bits per heavy atom. The molecule has 1 heterocycles. The number of ketones is 1. The van der Waals surface area contributed by atoms with E-state index in [4.69, 9.17) is 0 Å². The van der Waals surface area contributed by atoms with E-state index in [0.29, 0.717) is 11.5 Å². The first-order chi connectivity index (χ1) is 9.97. The van der Waals surface area contributed by atoms with E-state index in [1.54, 1.807) is 0 Å². The van der Waals surface area contributed by atoms with Gasteiger partial charge in [0.25, 0.3) is 0 Å². The van der Waals surface area contributed by atoms with E-state index in [9.17, 15) is 9.90 Å². The molecule has 21 heavy (non-hydrogen) atoms. The molecule has 0 amide bonds. The summed E-state index contributed by atoms with van der Waals surface area (Å²) in [6.07, 6.45) is 0. The van der Waals surface area contributed by atoms with Gasteiger partial charge in [0.15, 0.2) is 5.78 Å². The summed E-state index contributed by atoms with van der Waals surface area (Å²) in [5, 5.41) is 9.66. The van der Waals surface area contributed by atoms with Crippen LogP contribution in [0.25, 0.3) is 0 Å². The summed E-state index contributed by atoms with van der Waals surface area (Å²) in [6, 6.07) is 11.2. The highest BCUT2D eigenvalue weighted by atomic mass is 16.3. The Kier molecular flexibility index (Phi) is 4.63. The van der Waals surface area contributed by atoms with E-state index < -0.39 is 0 Å². The summed E-state index contributed by atoms with van der Waals surface area (Å²) in [4.78, 5) is 12.6. The van der Waals surface area contributed by atoms with Gasteiger partial charge in [0.1, 0.15) is 0 Å². The molecule has 2 aromatic rings. The Morgan fingerprint density at radius 2 is 1.81 bits per heavy atom. The molecule has 3 nitrogen and oxygen atoms in total. The Hall–Kier alpha value is -1.87. The highest BCUT2D eigenvalue weighted by Crippen LogP contribution is 2.26. The maximum Gasteiger partial charge on any atom is 0.194 e. The number of aliphatic hydroxyl groups is 1. The van der Waals surface area contributed by atoms with Crippen LogP contribution in [-0.2, 0) is 0 Å². The number of rotatable bonds is 5. The highest BCUT2D eigenvalue weighted by Gasteiger charge is 2.23. The minimum atomic E-state index is 0.00215. The van der Waals surface area contributed by atoms with Crippen molar-refractivity contribution in [1.82, 2.24) is 4.57 Å². The minimum absolute atomic E-state index is 0.00215. The van der Waals surface area contributed by atoms with Crippen LogP contribution in [0, 0.1) is 19.8 Å². The average molecular weight is 285 g/mol. The molecule has 0 bridgehead atoms. The zero-order valence-electron chi connectivity index (χ0n) is 13.1. The van der Waals surface area contributed by atoms with Crippen LogP contribution in [0.4, 0.5) is 0 Å². The molecule has 1 aromatic carbocycles. The predicted octanol–water partition coefficient (Wildman–Crippen LogP) is 3.53. The Morgan fingerprint density at radius 1 is 1.19 bits per heavy atom. The number of carbonyl (C=O) groups is 1. The minimum Gasteiger partial charge on any atom is -0.394 e. The molecule has 1 atom stereocenters. The number of aromatic nitrogens is 1. The average Bonchev–Trinajstić information content (AvgIpc) is 2.76. The molecule has 3 heteroatoms. The van der Waals surface area contributed by atoms with E-state index in [0.717, 1.165) is 17.0 Å². The van der Waals surface area contributed by atoms with Crippen molar-refractivity contribution < 1.29 is 9.90 Å². The lowest BCUT2D eigenvalue weighted by molar-refractivity contribution is 0.103. The van der Waals surface area contributed by atoms with Crippen molar-refractivity contribution >= 4 is 5.78 Å². The number of hydrogen-bond acceptors (Lipinski definition) is 2. The summed E-state index contributed by atoms with van der Waals surface area (Å²) in [6.45, 7) is 8.18. The summed E-state index contributed by atoms with van der Waals surface area (Å²) in [7, 11) is 0. The number of hydrogen-bond donors (Lipinski definition) is 1. The summed E-state index contributed by atoms with van der Waals surface area (Å²) in [5.74, 6) is 0.342. The standard InChI is InChI=1S/C18H23NO2/c1-12(2)17(11-20)19-13(3)10-16(14(19)4)18(21)15-8-6-5-7-9-15/h5-10,12,17,20H,11H2,1-4H3. The summed E-state index contributed by atoms with van der Waals surface area (Å²) >= 11 is 0. The van der Waals surface area contributed by atoms with Crippen LogP contribution in [-0.4, -0.2) is 22.1 Å². The topological polar surface area (TPSA) is 42.2 Å². The second-order valence-corrected chi connectivity index (χ2v) is 5.84. The Labute approximate surface area is 126 Å². The summed E-state index contributed by atoms with van der Waals surface area (Å²) < 4.78 is 2.08. The molecule has 0 aliphatic heterocycles. The van der Waals surface area contributed by atoms with Crippen LogP contribution in [0.3, 0.4) is 0 Å². The smallest absolute Gasteiger partial charge is 0.194 e. The van der Waals surface area contributed by atoms with Crippen LogP contribution in [0.1, 0.15) is 47.2 Å². The SMILES string of the molecule is Cc1cc(C(=O)c2ccccc2)c(C)n1C(CO)C(C)C. The van der Waals surface area contributed by atoms with Gasteiger partial charge < -0.3 is 9.67 Å². The molecule has 1 unspecified atom stereocenters. The molecule has 0 radical (unpaired) electrons. The van der Waals surface area contributed by atoms with Crippen molar-refractivity contribution in [3.63, 3.8) is 0 Å². The van der Waals surface area contributed by atoms with Crippen LogP contribution in [0.2, 0.25) is 0 Å². The first-order valence-corrected chi connectivity index (χ1v) is 7.36. The van der Waals surface area contributed by atoms with E-state index in [-0.39, 0.29) is 18.4 Å². The van der Waals surface area contributed by atoms with Gasteiger partial charge in [-0.25, -0.2) is 0 Å². The van der Waals surface area contributed by atoms with Crippen molar-refractivity contribution in [3.05, 3.63) is 58.9 Å². The van der Waals surface area contributed by atoms with Crippen LogP contribution >= 0.6 is 0 Å². The van der Waals surface area contributed by atoms with Gasteiger partial charge in [-0.2, -0.15) is 0 Å². The maximum atomic E-state index is 12.6. The molecule has 0 aliphatic carbocycles. The van der Waals surface area contributed by atoms with E-state index in [2.05, 4.69) is 18.4 Å². The zero-order valence-corrected chi connectivity index (χ0v) is 13.1. The molecule has 1 aromatic heterocycles. The molecule has 112 valence electrons. The van der Waals surface area contributed by atoms with E-state index >= 15 is 0 Å². The molecular formula is C18H23NO2. The Balaban J connectivity index is 2.46. The molecule has 0 saturated carbocycles. The molecule has 0 spiro atoms. The largest absolute Gasteiger partial charge is 0.394 e. The number of nitrogens with zero attached hydrogens (tertiary/aromatic N) is 1. The fourth-order valence-corrected chi connectivity index (χ4v) is 2.85. The third kappa shape index (κ3) is 2.93. The Bertz CT molecular complexity index is 626. The van der Waals surface area contributed by atoms with Crippen molar-refractivity contribution in [2.45, 2.75) is 33.7 Å². The predicted molar refractivity (Wildman–Crippen MR) is 84.7 cm³/mol. The maximum absolute atomic E-state index is 12.6. The van der Waals surface area contributed by atoms with Crippen molar-refractivity contribution in [2.24, 2.45) is 5.92 Å². The highest BCUT2D eigenvalue weighted by molar-refractivity contribution is 6.09. The molecule has 1 N–H and O–H groups in total. The first kappa shape index (κ1) is 15.5. The van der Waals surface area contributed by atoms with Crippen molar-refractivity contribution in [1.29, 1.82) is 0 Å². The number of carbonyl (C=O) groups excluding carboxylic acids is 1. The normalized spacial score (nSPS) is 12.7. The third-order valence-corrected chi connectivity index (χ3v) is 4.05. The van der Waals surface area contributed by atoms with Gasteiger partial charge in [0.2, 0.25) is 0 Å². The lowest BCUT2D eigenvalue weighted by Crippen LogP contribution is -2.21. The van der Waals surface area contributed by atoms with Gasteiger partial charge >= 0.3 is 0 Å². The number of benzene rings is 1. The van der Waals surface area contributed by atoms with Crippen molar-refractivity contribution in [2.75, 3.05) is 6.61 Å². The van der Waals surface area contributed by atoms with Crippen LogP contribution < -0.4 is 0 Å². The van der Waals surface area contributed by atoms with E-state index in [1.807, 2.05) is 50.2 Å². The quantitative estimate of drug-likeness (QED) is 0.854. The molecular weight excluding hydrogens is 262 g/mol. The summed E-state index contributed by atoms with van der Waals surface area (Å²) in [5.41, 5.74) is 3.36. The van der Waals surface area contributed by atoms with Crippen LogP contribution in [0.15, 0.2) is 36.4 Å². The lowest BCUT2D eigenvalue weighted by Gasteiger charge is -2.24. The number of aryl methyl sites for hydroxylation is 1.